The van der Waals surface area contributed by atoms with Gasteiger partial charge >= 0.3 is 0 Å². The molecule has 1 saturated carbocycles. The van der Waals surface area contributed by atoms with Crippen molar-refractivity contribution in [3.63, 3.8) is 0 Å². The molecule has 150 valence electrons. The maximum absolute atomic E-state index is 13.0. The molecule has 0 aliphatic heterocycles. The highest BCUT2D eigenvalue weighted by molar-refractivity contribution is 7.93. The first-order valence-electron chi connectivity index (χ1n) is 9.34. The highest BCUT2D eigenvalue weighted by Gasteiger charge is 2.33. The van der Waals surface area contributed by atoms with Crippen molar-refractivity contribution in [1.82, 2.24) is 5.32 Å². The molecule has 0 unspecified atom stereocenters. The number of hydrogen-bond acceptors (Lipinski definition) is 5. The molecule has 1 aliphatic carbocycles. The SMILES string of the molecule is CS(=O)(=O)/C=C/[C@@H](NC(=O)c1oc2ccccc2c1Oc1ccccc1)C1CC1. The van der Waals surface area contributed by atoms with E-state index in [4.69, 9.17) is 9.15 Å². The number of carbonyl (C=O) groups excluding carboxylic acids is 1. The number of hydrogen-bond donors (Lipinski definition) is 1. The van der Waals surface area contributed by atoms with Crippen molar-refractivity contribution < 1.29 is 22.4 Å². The molecule has 2 aromatic carbocycles. The Morgan fingerprint density at radius 2 is 1.83 bits per heavy atom. The Bertz CT molecular complexity index is 1160. The molecule has 1 aromatic heterocycles. The van der Waals surface area contributed by atoms with Gasteiger partial charge in [0, 0.05) is 11.7 Å². The topological polar surface area (TPSA) is 85.6 Å². The number of sulfone groups is 1. The summed E-state index contributed by atoms with van der Waals surface area (Å²) in [6, 6.07) is 16.0. The third-order valence-corrected chi connectivity index (χ3v) is 5.33. The normalized spacial score (nSPS) is 15.5. The quantitative estimate of drug-likeness (QED) is 0.627. The van der Waals surface area contributed by atoms with E-state index in [1.54, 1.807) is 18.2 Å². The monoisotopic (exact) mass is 411 g/mol. The van der Waals surface area contributed by atoms with Gasteiger partial charge in [0.1, 0.15) is 11.3 Å². The zero-order valence-electron chi connectivity index (χ0n) is 15.9. The first-order chi connectivity index (χ1) is 13.9. The van der Waals surface area contributed by atoms with E-state index in [1.807, 2.05) is 36.4 Å². The number of furan rings is 1. The lowest BCUT2D eigenvalue weighted by Gasteiger charge is -2.14. The average molecular weight is 411 g/mol. The smallest absolute Gasteiger partial charge is 0.291 e. The fourth-order valence-corrected chi connectivity index (χ4v) is 3.56. The van der Waals surface area contributed by atoms with Gasteiger partial charge in [-0.15, -0.1) is 0 Å². The summed E-state index contributed by atoms with van der Waals surface area (Å²) in [5.74, 6) is 0.769. The Hall–Kier alpha value is -3.06. The minimum absolute atomic E-state index is 0.0634. The highest BCUT2D eigenvalue weighted by atomic mass is 32.2. The third kappa shape index (κ3) is 4.68. The first-order valence-corrected chi connectivity index (χ1v) is 11.3. The Kier molecular flexibility index (Phi) is 5.15. The van der Waals surface area contributed by atoms with Gasteiger partial charge in [-0.05, 0) is 43.0 Å². The average Bonchev–Trinajstić information content (AvgIpc) is 3.47. The van der Waals surface area contributed by atoms with Crippen LogP contribution < -0.4 is 10.1 Å². The van der Waals surface area contributed by atoms with Gasteiger partial charge < -0.3 is 14.5 Å². The second-order valence-electron chi connectivity index (χ2n) is 7.17. The fraction of sp³-hybridized carbons (Fsp3) is 0.227. The standard InChI is InChI=1S/C22H21NO5S/c1-29(25,26)14-13-18(15-11-12-15)23-22(24)21-20(27-16-7-3-2-4-8-16)17-9-5-6-10-19(17)28-21/h2-10,13-15,18H,11-12H2,1H3,(H,23,24)/b14-13+/t18-/m1/s1. The maximum Gasteiger partial charge on any atom is 0.291 e. The Labute approximate surface area is 169 Å². The fourth-order valence-electron chi connectivity index (χ4n) is 3.10. The minimum Gasteiger partial charge on any atom is -0.452 e. The summed E-state index contributed by atoms with van der Waals surface area (Å²) in [6.07, 6.45) is 4.53. The van der Waals surface area contributed by atoms with Crippen molar-refractivity contribution in [3.8, 4) is 11.5 Å². The number of ether oxygens (including phenoxy) is 1. The van der Waals surface area contributed by atoms with Crippen LogP contribution in [0.25, 0.3) is 11.0 Å². The first kappa shape index (κ1) is 19.3. The predicted octanol–water partition coefficient (Wildman–Crippen LogP) is 4.29. The number of rotatable bonds is 7. The van der Waals surface area contributed by atoms with E-state index in [-0.39, 0.29) is 17.7 Å². The number of carbonyl (C=O) groups is 1. The third-order valence-electron chi connectivity index (χ3n) is 4.68. The summed E-state index contributed by atoms with van der Waals surface area (Å²) in [5, 5.41) is 4.72. The summed E-state index contributed by atoms with van der Waals surface area (Å²) in [7, 11) is -3.27. The molecule has 1 aliphatic rings. The molecule has 1 fully saturated rings. The number of amides is 1. The number of fused-ring (bicyclic) bond motifs is 1. The van der Waals surface area contributed by atoms with Gasteiger partial charge in [0.25, 0.3) is 5.91 Å². The molecule has 1 atom stereocenters. The summed E-state index contributed by atoms with van der Waals surface area (Å²) >= 11 is 0. The van der Waals surface area contributed by atoms with Gasteiger partial charge in [0.15, 0.2) is 15.6 Å². The summed E-state index contributed by atoms with van der Waals surface area (Å²) in [6.45, 7) is 0. The molecular formula is C22H21NO5S. The predicted molar refractivity (Wildman–Crippen MR) is 111 cm³/mol. The highest BCUT2D eigenvalue weighted by Crippen LogP contribution is 2.37. The van der Waals surface area contributed by atoms with Crippen LogP contribution in [0.15, 0.2) is 70.5 Å². The van der Waals surface area contributed by atoms with Gasteiger partial charge in [-0.1, -0.05) is 36.4 Å². The van der Waals surface area contributed by atoms with Crippen LogP contribution in [0.3, 0.4) is 0 Å². The molecule has 0 spiro atoms. The van der Waals surface area contributed by atoms with Crippen molar-refractivity contribution in [2.24, 2.45) is 5.92 Å². The van der Waals surface area contributed by atoms with Gasteiger partial charge in [0.2, 0.25) is 5.76 Å². The minimum atomic E-state index is -3.27. The van der Waals surface area contributed by atoms with Crippen molar-refractivity contribution in [3.05, 3.63) is 71.8 Å². The molecule has 4 rings (SSSR count). The lowest BCUT2D eigenvalue weighted by Crippen LogP contribution is -2.35. The lowest BCUT2D eigenvalue weighted by atomic mass is 10.1. The van der Waals surface area contributed by atoms with Crippen LogP contribution >= 0.6 is 0 Å². The number of nitrogens with one attached hydrogen (secondary N) is 1. The summed E-state index contributed by atoms with van der Waals surface area (Å²) in [5.41, 5.74) is 0.540. The molecule has 0 bridgehead atoms. The van der Waals surface area contributed by atoms with E-state index >= 15 is 0 Å². The van der Waals surface area contributed by atoms with Crippen LogP contribution in [0.1, 0.15) is 23.4 Å². The Morgan fingerprint density at radius 1 is 1.14 bits per heavy atom. The van der Waals surface area contributed by atoms with Crippen LogP contribution in [0, 0.1) is 5.92 Å². The lowest BCUT2D eigenvalue weighted by molar-refractivity contribution is 0.0911. The number of benzene rings is 2. The van der Waals surface area contributed by atoms with Crippen LogP contribution in [0.2, 0.25) is 0 Å². The summed E-state index contributed by atoms with van der Waals surface area (Å²) in [4.78, 5) is 13.0. The van der Waals surface area contributed by atoms with Gasteiger partial charge in [-0.2, -0.15) is 0 Å². The van der Waals surface area contributed by atoms with E-state index < -0.39 is 15.7 Å². The van der Waals surface area contributed by atoms with Crippen molar-refractivity contribution in [2.75, 3.05) is 6.26 Å². The molecule has 0 radical (unpaired) electrons. The maximum atomic E-state index is 13.0. The Balaban J connectivity index is 1.66. The van der Waals surface area contributed by atoms with Crippen LogP contribution in [0.5, 0.6) is 11.5 Å². The second kappa shape index (κ2) is 7.75. The van der Waals surface area contributed by atoms with E-state index in [9.17, 15) is 13.2 Å². The van der Waals surface area contributed by atoms with Crippen molar-refractivity contribution >= 4 is 26.7 Å². The van der Waals surface area contributed by atoms with E-state index in [0.717, 1.165) is 24.5 Å². The van der Waals surface area contributed by atoms with Crippen molar-refractivity contribution in [2.45, 2.75) is 18.9 Å². The van der Waals surface area contributed by atoms with E-state index in [0.29, 0.717) is 22.5 Å². The second-order valence-corrected chi connectivity index (χ2v) is 9.10. The molecule has 1 amide bonds. The molecule has 0 saturated heterocycles. The molecule has 7 heteroatoms. The molecule has 1 heterocycles. The molecule has 3 aromatic rings. The molecular weight excluding hydrogens is 390 g/mol. The largest absolute Gasteiger partial charge is 0.452 e. The zero-order valence-corrected chi connectivity index (χ0v) is 16.7. The van der Waals surface area contributed by atoms with Crippen LogP contribution in [0.4, 0.5) is 0 Å². The van der Waals surface area contributed by atoms with Crippen LogP contribution in [-0.2, 0) is 9.84 Å². The van der Waals surface area contributed by atoms with Gasteiger partial charge in [-0.3, -0.25) is 4.79 Å². The van der Waals surface area contributed by atoms with Gasteiger partial charge in [0.05, 0.1) is 11.4 Å². The zero-order chi connectivity index (χ0) is 20.4. The Morgan fingerprint density at radius 3 is 2.52 bits per heavy atom. The van der Waals surface area contributed by atoms with Crippen LogP contribution in [-0.4, -0.2) is 26.6 Å². The van der Waals surface area contributed by atoms with E-state index in [1.165, 1.54) is 6.08 Å². The molecule has 6 nitrogen and oxygen atoms in total. The van der Waals surface area contributed by atoms with E-state index in [2.05, 4.69) is 5.32 Å². The summed E-state index contributed by atoms with van der Waals surface area (Å²) < 4.78 is 34.7. The number of para-hydroxylation sites is 2. The van der Waals surface area contributed by atoms with Crippen molar-refractivity contribution in [1.29, 1.82) is 0 Å². The molecule has 29 heavy (non-hydrogen) atoms. The molecule has 1 N–H and O–H groups in total. The van der Waals surface area contributed by atoms with Gasteiger partial charge in [-0.25, -0.2) is 8.42 Å².